The minimum atomic E-state index is -0.644. The Kier molecular flexibility index (Phi) is 2.29. The highest BCUT2D eigenvalue weighted by atomic mass is 15.9. The first-order valence-corrected chi connectivity index (χ1v) is 6.17. The smallest absolute Gasteiger partial charge is 0.231 e. The number of hydrogen-bond donors (Lipinski definition) is 0. The van der Waals surface area contributed by atoms with Gasteiger partial charge in [-0.1, -0.05) is 23.4 Å². The van der Waals surface area contributed by atoms with E-state index in [1.165, 1.54) is 0 Å². The first kappa shape index (κ1) is 11.9. The van der Waals surface area contributed by atoms with Gasteiger partial charge in [0.05, 0.1) is 5.69 Å². The van der Waals surface area contributed by atoms with Crippen molar-refractivity contribution < 1.29 is 0 Å². The fourth-order valence-electron chi connectivity index (χ4n) is 2.87. The fraction of sp³-hybridized carbons (Fsp3) is 0.500. The minimum absolute atomic E-state index is 0.462. The van der Waals surface area contributed by atoms with Crippen molar-refractivity contribution in [3.05, 3.63) is 30.3 Å². The van der Waals surface area contributed by atoms with Crippen LogP contribution in [0.5, 0.6) is 0 Å². The molecular weight excluding hydrogens is 242 g/mol. The third kappa shape index (κ3) is 1.32. The molecular formula is C12H17N7. The van der Waals surface area contributed by atoms with Crippen molar-refractivity contribution in [1.29, 1.82) is 0 Å². The van der Waals surface area contributed by atoms with Crippen molar-refractivity contribution in [3.8, 4) is 0 Å². The van der Waals surface area contributed by atoms with Gasteiger partial charge in [-0.2, -0.15) is 10.1 Å². The number of likely N-dealkylation sites (N-methyl/N-ethyl adjacent to an activating group) is 2. The van der Waals surface area contributed by atoms with Crippen LogP contribution in [0.15, 0.2) is 51.1 Å². The monoisotopic (exact) mass is 259 g/mol. The zero-order chi connectivity index (χ0) is 13.7. The van der Waals surface area contributed by atoms with E-state index in [0.717, 1.165) is 5.69 Å². The van der Waals surface area contributed by atoms with Crippen LogP contribution in [0.4, 0.5) is 5.69 Å². The number of hydrogen-bond acceptors (Lipinski definition) is 7. The molecule has 0 saturated carbocycles. The molecule has 3 rings (SSSR count). The molecule has 0 amide bonds. The highest BCUT2D eigenvalue weighted by Crippen LogP contribution is 2.47. The van der Waals surface area contributed by atoms with Crippen LogP contribution >= 0.6 is 0 Å². The van der Waals surface area contributed by atoms with Gasteiger partial charge in [-0.05, 0) is 36.4 Å². The lowest BCUT2D eigenvalue weighted by Gasteiger charge is -2.46. The SMILES string of the molecule is CN1N=NN(C)C12N(c1ccccc1)N=NC2(C)C. The second-order valence-corrected chi connectivity index (χ2v) is 5.26. The average Bonchev–Trinajstić information content (AvgIpc) is 2.85. The maximum absolute atomic E-state index is 4.41. The highest BCUT2D eigenvalue weighted by Gasteiger charge is 2.64. The molecule has 0 atom stereocenters. The van der Waals surface area contributed by atoms with E-state index in [4.69, 9.17) is 0 Å². The van der Waals surface area contributed by atoms with E-state index in [1.807, 2.05) is 63.3 Å². The Morgan fingerprint density at radius 3 is 2.05 bits per heavy atom. The van der Waals surface area contributed by atoms with Gasteiger partial charge in [0, 0.05) is 14.1 Å². The molecule has 1 spiro atoms. The lowest BCUT2D eigenvalue weighted by molar-refractivity contribution is -0.0186. The Balaban J connectivity index is 2.14. The molecule has 0 unspecified atom stereocenters. The van der Waals surface area contributed by atoms with Crippen molar-refractivity contribution in [1.82, 2.24) is 10.0 Å². The van der Waals surface area contributed by atoms with Crippen LogP contribution in [0.25, 0.3) is 0 Å². The number of rotatable bonds is 1. The molecule has 0 fully saturated rings. The van der Waals surface area contributed by atoms with E-state index in [2.05, 4.69) is 20.8 Å². The van der Waals surface area contributed by atoms with E-state index in [9.17, 15) is 0 Å². The third-order valence-electron chi connectivity index (χ3n) is 3.71. The van der Waals surface area contributed by atoms with Crippen LogP contribution < -0.4 is 5.01 Å². The first-order chi connectivity index (χ1) is 9.00. The Morgan fingerprint density at radius 1 is 0.895 bits per heavy atom. The molecule has 0 aliphatic carbocycles. The maximum atomic E-state index is 4.41. The third-order valence-corrected chi connectivity index (χ3v) is 3.71. The molecule has 0 N–H and O–H groups in total. The van der Waals surface area contributed by atoms with Crippen LogP contribution in [0.2, 0.25) is 0 Å². The summed E-state index contributed by atoms with van der Waals surface area (Å²) in [6.45, 7) is 4.06. The lowest BCUT2D eigenvalue weighted by atomic mass is 9.94. The predicted molar refractivity (Wildman–Crippen MR) is 71.0 cm³/mol. The molecule has 0 bridgehead atoms. The summed E-state index contributed by atoms with van der Waals surface area (Å²) in [6, 6.07) is 9.94. The average molecular weight is 259 g/mol. The molecule has 2 aliphatic heterocycles. The van der Waals surface area contributed by atoms with E-state index >= 15 is 0 Å². The van der Waals surface area contributed by atoms with Gasteiger partial charge < -0.3 is 0 Å². The van der Waals surface area contributed by atoms with Gasteiger partial charge >= 0.3 is 0 Å². The van der Waals surface area contributed by atoms with E-state index in [0.29, 0.717) is 0 Å². The van der Waals surface area contributed by atoms with Crippen LogP contribution in [0.1, 0.15) is 13.8 Å². The molecule has 1 aromatic carbocycles. The topological polar surface area (TPSA) is 59.2 Å². The van der Waals surface area contributed by atoms with Crippen molar-refractivity contribution >= 4 is 5.69 Å². The van der Waals surface area contributed by atoms with Crippen LogP contribution in [-0.2, 0) is 0 Å². The summed E-state index contributed by atoms with van der Waals surface area (Å²) in [5, 5.41) is 22.5. The summed E-state index contributed by atoms with van der Waals surface area (Å²) in [7, 11) is 3.78. The summed E-state index contributed by atoms with van der Waals surface area (Å²) >= 11 is 0. The molecule has 0 aromatic heterocycles. The Bertz CT molecular complexity index is 524. The summed E-state index contributed by atoms with van der Waals surface area (Å²) in [5.74, 6) is -0.644. The zero-order valence-corrected chi connectivity index (χ0v) is 11.5. The number of benzene rings is 1. The summed E-state index contributed by atoms with van der Waals surface area (Å²) < 4.78 is 0. The molecule has 0 radical (unpaired) electrons. The molecule has 7 heteroatoms. The fourth-order valence-corrected chi connectivity index (χ4v) is 2.87. The summed E-state index contributed by atoms with van der Waals surface area (Å²) in [5.41, 5.74) is 0.498. The molecule has 7 nitrogen and oxygen atoms in total. The van der Waals surface area contributed by atoms with Gasteiger partial charge in [0.2, 0.25) is 0 Å². The van der Waals surface area contributed by atoms with Gasteiger partial charge in [-0.3, -0.25) is 0 Å². The largest absolute Gasteiger partial charge is 0.272 e. The van der Waals surface area contributed by atoms with Crippen LogP contribution in [0.3, 0.4) is 0 Å². The van der Waals surface area contributed by atoms with Crippen LogP contribution in [-0.4, -0.2) is 35.4 Å². The quantitative estimate of drug-likeness (QED) is 0.778. The van der Waals surface area contributed by atoms with E-state index < -0.39 is 11.3 Å². The van der Waals surface area contributed by atoms with Crippen molar-refractivity contribution in [2.24, 2.45) is 20.8 Å². The lowest BCUT2D eigenvalue weighted by Crippen LogP contribution is -2.69. The van der Waals surface area contributed by atoms with Crippen LogP contribution in [0, 0.1) is 0 Å². The van der Waals surface area contributed by atoms with Crippen molar-refractivity contribution in [2.75, 3.05) is 19.1 Å². The number of anilines is 1. The van der Waals surface area contributed by atoms with Gasteiger partial charge in [0.25, 0.3) is 5.79 Å². The Labute approximate surface area is 112 Å². The van der Waals surface area contributed by atoms with Gasteiger partial charge in [-0.15, -0.1) is 0 Å². The van der Waals surface area contributed by atoms with Gasteiger partial charge in [0.15, 0.2) is 0 Å². The van der Waals surface area contributed by atoms with Gasteiger partial charge in [0.1, 0.15) is 5.54 Å². The molecule has 1 aromatic rings. The Morgan fingerprint density at radius 2 is 1.47 bits per heavy atom. The summed E-state index contributed by atoms with van der Waals surface area (Å²) in [4.78, 5) is 0. The molecule has 0 saturated heterocycles. The van der Waals surface area contributed by atoms with Crippen molar-refractivity contribution in [2.45, 2.75) is 25.2 Å². The zero-order valence-electron chi connectivity index (χ0n) is 11.5. The molecule has 19 heavy (non-hydrogen) atoms. The standard InChI is InChI=1S/C12H17N7/c1-11(2)12(17(3)15-16-18(12)4)19(14-13-11)10-8-6-5-7-9-10/h5-9H,1-4H3. The highest BCUT2D eigenvalue weighted by molar-refractivity contribution is 5.49. The maximum Gasteiger partial charge on any atom is 0.272 e. The summed E-state index contributed by atoms with van der Waals surface area (Å²) in [6.07, 6.45) is 0. The molecule has 2 heterocycles. The predicted octanol–water partition coefficient (Wildman–Crippen LogP) is 2.47. The van der Waals surface area contributed by atoms with E-state index in [-0.39, 0.29) is 0 Å². The molecule has 100 valence electrons. The van der Waals surface area contributed by atoms with Crippen molar-refractivity contribution in [3.63, 3.8) is 0 Å². The number of nitrogens with zero attached hydrogens (tertiary/aromatic N) is 7. The first-order valence-electron chi connectivity index (χ1n) is 6.17. The second kappa shape index (κ2) is 3.66. The second-order valence-electron chi connectivity index (χ2n) is 5.26. The number of para-hydroxylation sites is 1. The minimum Gasteiger partial charge on any atom is -0.231 e. The Hall–Kier alpha value is -2.18. The van der Waals surface area contributed by atoms with Gasteiger partial charge in [-0.25, -0.2) is 10.0 Å². The normalized spacial score (nSPS) is 22.8. The molecule has 2 aliphatic rings. The van der Waals surface area contributed by atoms with E-state index in [1.54, 1.807) is 10.0 Å².